The van der Waals surface area contributed by atoms with E-state index in [1.807, 2.05) is 19.1 Å². The van der Waals surface area contributed by atoms with Gasteiger partial charge in [-0.15, -0.1) is 10.2 Å². The fourth-order valence-electron chi connectivity index (χ4n) is 5.06. The zero-order valence-electron chi connectivity index (χ0n) is 19.4. The molecule has 2 N–H and O–H groups in total. The number of aliphatic hydroxyl groups excluding tert-OH is 1. The molecule has 174 valence electrons. The number of nitrogens with zero attached hydrogens (tertiary/aromatic N) is 3. The van der Waals surface area contributed by atoms with Crippen molar-refractivity contribution in [2.24, 2.45) is 11.8 Å². The molecule has 1 amide bonds. The molecule has 2 aromatic rings. The Morgan fingerprint density at radius 1 is 1.28 bits per heavy atom. The SMILES string of the molecule is Cc1cc(Cl)ccc1NC(=O)C[C@H](CCO)c1nnc(C2CC(CC(C)C)C2)n1C1CC1. The van der Waals surface area contributed by atoms with Gasteiger partial charge in [0, 0.05) is 41.6 Å². The molecule has 0 bridgehead atoms. The van der Waals surface area contributed by atoms with Gasteiger partial charge in [0.2, 0.25) is 5.91 Å². The first-order valence-electron chi connectivity index (χ1n) is 12.0. The number of halogens is 1. The summed E-state index contributed by atoms with van der Waals surface area (Å²) in [5.41, 5.74) is 1.69. The fourth-order valence-corrected chi connectivity index (χ4v) is 5.28. The Morgan fingerprint density at radius 3 is 2.66 bits per heavy atom. The van der Waals surface area contributed by atoms with Crippen molar-refractivity contribution in [3.63, 3.8) is 0 Å². The van der Waals surface area contributed by atoms with E-state index in [1.165, 1.54) is 19.3 Å². The number of carbonyl (C=O) groups excluding carboxylic acids is 1. The standard InChI is InChI=1S/C25H35ClN4O2/c1-15(2)10-17-12-19(13-17)25-29-28-24(30(25)21-5-6-21)18(8-9-31)14-23(32)27-22-7-4-20(26)11-16(22)3/h4,7,11,15,17-19,21,31H,5-6,8-10,12-14H2,1-3H3,(H,27,32)/t17?,18-,19?/m0/s1. The van der Waals surface area contributed by atoms with E-state index in [4.69, 9.17) is 11.6 Å². The van der Waals surface area contributed by atoms with Gasteiger partial charge in [-0.25, -0.2) is 0 Å². The lowest BCUT2D eigenvalue weighted by Crippen LogP contribution is -2.26. The van der Waals surface area contributed by atoms with Gasteiger partial charge in [0.15, 0.2) is 0 Å². The molecule has 0 spiro atoms. The van der Waals surface area contributed by atoms with Crippen LogP contribution in [0.5, 0.6) is 0 Å². The molecular weight excluding hydrogens is 424 g/mol. The third kappa shape index (κ3) is 5.34. The lowest BCUT2D eigenvalue weighted by Gasteiger charge is -2.36. The first-order valence-corrected chi connectivity index (χ1v) is 12.3. The minimum absolute atomic E-state index is 0.0185. The average Bonchev–Trinajstić information content (AvgIpc) is 3.45. The Labute approximate surface area is 195 Å². The monoisotopic (exact) mass is 458 g/mol. The van der Waals surface area contributed by atoms with E-state index < -0.39 is 0 Å². The van der Waals surface area contributed by atoms with E-state index >= 15 is 0 Å². The van der Waals surface area contributed by atoms with Gasteiger partial charge in [-0.05, 0) is 81.0 Å². The van der Waals surface area contributed by atoms with Crippen LogP contribution in [0.15, 0.2) is 18.2 Å². The number of anilines is 1. The van der Waals surface area contributed by atoms with Crippen LogP contribution in [0, 0.1) is 18.8 Å². The molecule has 1 atom stereocenters. The Hall–Kier alpha value is -1.92. The number of carbonyl (C=O) groups is 1. The summed E-state index contributed by atoms with van der Waals surface area (Å²) in [6.07, 6.45) is 6.70. The highest BCUT2D eigenvalue weighted by Crippen LogP contribution is 2.48. The van der Waals surface area contributed by atoms with E-state index in [0.717, 1.165) is 47.6 Å². The highest BCUT2D eigenvalue weighted by Gasteiger charge is 2.39. The quantitative estimate of drug-likeness (QED) is 0.485. The average molecular weight is 459 g/mol. The Morgan fingerprint density at radius 2 is 2.03 bits per heavy atom. The van der Waals surface area contributed by atoms with E-state index in [-0.39, 0.29) is 24.9 Å². The normalized spacial score (nSPS) is 21.4. The van der Waals surface area contributed by atoms with Crippen molar-refractivity contribution in [2.75, 3.05) is 11.9 Å². The summed E-state index contributed by atoms with van der Waals surface area (Å²) in [5.74, 6) is 3.72. The van der Waals surface area contributed by atoms with Crippen LogP contribution in [0.2, 0.25) is 5.02 Å². The second-order valence-electron chi connectivity index (χ2n) is 10.1. The van der Waals surface area contributed by atoms with Gasteiger partial charge >= 0.3 is 0 Å². The van der Waals surface area contributed by atoms with Crippen molar-refractivity contribution < 1.29 is 9.90 Å². The number of aromatic nitrogens is 3. The minimum Gasteiger partial charge on any atom is -0.396 e. The van der Waals surface area contributed by atoms with Crippen molar-refractivity contribution in [1.82, 2.24) is 14.8 Å². The van der Waals surface area contributed by atoms with E-state index in [2.05, 4.69) is 33.9 Å². The molecule has 1 heterocycles. The first-order chi connectivity index (χ1) is 15.4. The molecule has 7 heteroatoms. The van der Waals surface area contributed by atoms with E-state index in [0.29, 0.717) is 23.4 Å². The number of aryl methyl sites for hydroxylation is 1. The van der Waals surface area contributed by atoms with Gasteiger partial charge in [-0.3, -0.25) is 4.79 Å². The molecule has 0 radical (unpaired) electrons. The maximum Gasteiger partial charge on any atom is 0.225 e. The lowest BCUT2D eigenvalue weighted by molar-refractivity contribution is -0.116. The van der Waals surface area contributed by atoms with E-state index in [1.54, 1.807) is 6.07 Å². The van der Waals surface area contributed by atoms with Crippen LogP contribution >= 0.6 is 11.6 Å². The minimum atomic E-state index is -0.152. The highest BCUT2D eigenvalue weighted by atomic mass is 35.5. The summed E-state index contributed by atoms with van der Waals surface area (Å²) >= 11 is 6.03. The maximum atomic E-state index is 12.9. The van der Waals surface area contributed by atoms with Gasteiger partial charge in [-0.1, -0.05) is 25.4 Å². The van der Waals surface area contributed by atoms with Crippen molar-refractivity contribution in [1.29, 1.82) is 0 Å². The molecule has 1 aromatic heterocycles. The molecule has 0 aliphatic heterocycles. The maximum absolute atomic E-state index is 12.9. The van der Waals surface area contributed by atoms with Crippen molar-refractivity contribution >= 4 is 23.2 Å². The predicted octanol–water partition coefficient (Wildman–Crippen LogP) is 5.61. The lowest BCUT2D eigenvalue weighted by atomic mass is 9.71. The van der Waals surface area contributed by atoms with Crippen molar-refractivity contribution in [2.45, 2.75) is 83.6 Å². The van der Waals surface area contributed by atoms with Gasteiger partial charge < -0.3 is 15.0 Å². The van der Waals surface area contributed by atoms with Gasteiger partial charge in [0.1, 0.15) is 11.6 Å². The zero-order chi connectivity index (χ0) is 22.8. The van der Waals surface area contributed by atoms with Gasteiger partial charge in [0.05, 0.1) is 0 Å². The third-order valence-corrected chi connectivity index (χ3v) is 7.04. The Balaban J connectivity index is 1.48. The molecule has 6 nitrogen and oxygen atoms in total. The van der Waals surface area contributed by atoms with Crippen LogP contribution in [0.1, 0.15) is 93.9 Å². The summed E-state index contributed by atoms with van der Waals surface area (Å²) in [7, 11) is 0. The number of amides is 1. The highest BCUT2D eigenvalue weighted by molar-refractivity contribution is 6.30. The number of nitrogens with one attached hydrogen (secondary N) is 1. The number of hydrogen-bond acceptors (Lipinski definition) is 4. The summed E-state index contributed by atoms with van der Waals surface area (Å²) in [5, 5.41) is 22.6. The molecule has 0 unspecified atom stereocenters. The summed E-state index contributed by atoms with van der Waals surface area (Å²) in [4.78, 5) is 12.9. The molecule has 2 aliphatic rings. The smallest absolute Gasteiger partial charge is 0.225 e. The van der Waals surface area contributed by atoms with Crippen molar-refractivity contribution in [3.8, 4) is 0 Å². The molecule has 4 rings (SSSR count). The van der Waals surface area contributed by atoms with Crippen LogP contribution in [-0.2, 0) is 4.79 Å². The first kappa shape index (κ1) is 23.2. The fraction of sp³-hybridized carbons (Fsp3) is 0.640. The molecule has 1 aromatic carbocycles. The Bertz CT molecular complexity index is 947. The van der Waals surface area contributed by atoms with Crippen LogP contribution in [0.4, 0.5) is 5.69 Å². The molecule has 2 fully saturated rings. The van der Waals surface area contributed by atoms with Crippen LogP contribution in [0.3, 0.4) is 0 Å². The number of benzene rings is 1. The van der Waals surface area contributed by atoms with Gasteiger partial charge in [-0.2, -0.15) is 0 Å². The summed E-state index contributed by atoms with van der Waals surface area (Å²) in [6.45, 7) is 6.51. The third-order valence-electron chi connectivity index (χ3n) is 6.80. The molecule has 0 saturated heterocycles. The van der Waals surface area contributed by atoms with Crippen molar-refractivity contribution in [3.05, 3.63) is 40.4 Å². The topological polar surface area (TPSA) is 80.0 Å². The number of aliphatic hydroxyl groups is 1. The molecular formula is C25H35ClN4O2. The van der Waals surface area contributed by atoms with Gasteiger partial charge in [0.25, 0.3) is 0 Å². The van der Waals surface area contributed by atoms with Crippen LogP contribution < -0.4 is 5.32 Å². The van der Waals surface area contributed by atoms with Crippen LogP contribution in [-0.4, -0.2) is 32.4 Å². The molecule has 2 aliphatic carbocycles. The number of hydrogen-bond donors (Lipinski definition) is 2. The predicted molar refractivity (Wildman–Crippen MR) is 127 cm³/mol. The Kier molecular flexibility index (Phi) is 7.21. The largest absolute Gasteiger partial charge is 0.396 e. The summed E-state index contributed by atoms with van der Waals surface area (Å²) < 4.78 is 2.32. The molecule has 32 heavy (non-hydrogen) atoms. The zero-order valence-corrected chi connectivity index (χ0v) is 20.1. The second-order valence-corrected chi connectivity index (χ2v) is 10.5. The second kappa shape index (κ2) is 9.92. The molecule has 2 saturated carbocycles. The van der Waals surface area contributed by atoms with E-state index in [9.17, 15) is 9.90 Å². The summed E-state index contributed by atoms with van der Waals surface area (Å²) in [6, 6.07) is 5.88. The van der Waals surface area contributed by atoms with Crippen LogP contribution in [0.25, 0.3) is 0 Å². The number of rotatable bonds is 10.